The summed E-state index contributed by atoms with van der Waals surface area (Å²) < 4.78 is 32.6. The van der Waals surface area contributed by atoms with Crippen LogP contribution in [-0.4, -0.2) is 14.2 Å². The summed E-state index contributed by atoms with van der Waals surface area (Å²) in [6, 6.07) is 7.89. The summed E-state index contributed by atoms with van der Waals surface area (Å²) in [5.41, 5.74) is 0.900. The Morgan fingerprint density at radius 1 is 1.10 bits per heavy atom. The molecule has 2 aromatic rings. The molecule has 106 valence electrons. The Morgan fingerprint density at radius 3 is 2.50 bits per heavy atom. The topological polar surface area (TPSA) is 21.3 Å². The summed E-state index contributed by atoms with van der Waals surface area (Å²) in [6.45, 7) is 0. The number of nitrogens with one attached hydrogen (secondary N) is 1. The third-order valence-corrected chi connectivity index (χ3v) is 3.30. The van der Waals surface area contributed by atoms with E-state index in [4.69, 9.17) is 16.3 Å². The molecular weight excluding hydrogens is 284 g/mol. The van der Waals surface area contributed by atoms with Crippen LogP contribution >= 0.6 is 11.6 Å². The van der Waals surface area contributed by atoms with Crippen molar-refractivity contribution in [2.75, 3.05) is 14.2 Å². The molecule has 2 aromatic carbocycles. The second-order valence-electron chi connectivity index (χ2n) is 4.27. The molecule has 0 fully saturated rings. The summed E-state index contributed by atoms with van der Waals surface area (Å²) in [5.74, 6) is -0.460. The maximum Gasteiger partial charge on any atom is 0.128 e. The van der Waals surface area contributed by atoms with Crippen molar-refractivity contribution in [1.82, 2.24) is 5.32 Å². The van der Waals surface area contributed by atoms with Gasteiger partial charge in [0.2, 0.25) is 0 Å². The van der Waals surface area contributed by atoms with Crippen molar-refractivity contribution in [1.29, 1.82) is 0 Å². The number of methoxy groups -OCH3 is 1. The highest BCUT2D eigenvalue weighted by Crippen LogP contribution is 2.33. The third-order valence-electron chi connectivity index (χ3n) is 3.06. The van der Waals surface area contributed by atoms with E-state index in [1.54, 1.807) is 25.2 Å². The van der Waals surface area contributed by atoms with Crippen molar-refractivity contribution in [2.45, 2.75) is 6.04 Å². The van der Waals surface area contributed by atoms with Gasteiger partial charge in [0.15, 0.2) is 0 Å². The van der Waals surface area contributed by atoms with Gasteiger partial charge in [-0.15, -0.1) is 0 Å². The summed E-state index contributed by atoms with van der Waals surface area (Å²) in [5, 5.41) is 3.48. The normalized spacial score (nSPS) is 12.2. The predicted molar refractivity (Wildman–Crippen MR) is 75.3 cm³/mol. The van der Waals surface area contributed by atoms with Crippen molar-refractivity contribution in [2.24, 2.45) is 0 Å². The minimum atomic E-state index is -0.530. The zero-order valence-corrected chi connectivity index (χ0v) is 11.8. The molecule has 0 aliphatic carbocycles. The average molecular weight is 298 g/mol. The Balaban J connectivity index is 2.55. The highest BCUT2D eigenvalue weighted by Gasteiger charge is 2.20. The largest absolute Gasteiger partial charge is 0.496 e. The molecule has 1 N–H and O–H groups in total. The Morgan fingerprint density at radius 2 is 1.85 bits per heavy atom. The summed E-state index contributed by atoms with van der Waals surface area (Å²) in [6.07, 6.45) is 0. The van der Waals surface area contributed by atoms with E-state index >= 15 is 0 Å². The lowest BCUT2D eigenvalue weighted by atomic mass is 9.97. The van der Waals surface area contributed by atoms with Crippen molar-refractivity contribution in [3.8, 4) is 5.75 Å². The maximum absolute atomic E-state index is 13.9. The molecule has 1 atom stereocenters. The lowest BCUT2D eigenvalue weighted by Gasteiger charge is -2.20. The van der Waals surface area contributed by atoms with Gasteiger partial charge >= 0.3 is 0 Å². The van der Waals surface area contributed by atoms with Gasteiger partial charge in [-0.2, -0.15) is 0 Å². The quantitative estimate of drug-likeness (QED) is 0.923. The van der Waals surface area contributed by atoms with Crippen molar-refractivity contribution < 1.29 is 13.5 Å². The molecule has 0 saturated heterocycles. The smallest absolute Gasteiger partial charge is 0.128 e. The molecule has 0 aliphatic rings. The number of hydrogen-bond donors (Lipinski definition) is 1. The summed E-state index contributed by atoms with van der Waals surface area (Å²) in [7, 11) is 3.17. The molecule has 0 spiro atoms. The van der Waals surface area contributed by atoms with E-state index in [2.05, 4.69) is 5.32 Å². The maximum atomic E-state index is 13.9. The lowest BCUT2D eigenvalue weighted by Crippen LogP contribution is -2.20. The van der Waals surface area contributed by atoms with E-state index in [9.17, 15) is 8.78 Å². The molecule has 0 saturated carbocycles. The molecule has 0 radical (unpaired) electrons. The van der Waals surface area contributed by atoms with E-state index < -0.39 is 17.7 Å². The number of ether oxygens (including phenoxy) is 1. The molecule has 0 amide bonds. The lowest BCUT2D eigenvalue weighted by molar-refractivity contribution is 0.404. The van der Waals surface area contributed by atoms with Crippen LogP contribution in [0.1, 0.15) is 17.2 Å². The molecule has 5 heteroatoms. The van der Waals surface area contributed by atoms with Crippen molar-refractivity contribution in [3.63, 3.8) is 0 Å². The van der Waals surface area contributed by atoms with E-state index in [-0.39, 0.29) is 5.56 Å². The molecular formula is C15H14ClF2NO. The van der Waals surface area contributed by atoms with Crippen molar-refractivity contribution >= 4 is 11.6 Å². The Bertz CT molecular complexity index is 619. The van der Waals surface area contributed by atoms with Gasteiger partial charge in [-0.25, -0.2) is 8.78 Å². The fourth-order valence-corrected chi connectivity index (χ4v) is 2.30. The summed E-state index contributed by atoms with van der Waals surface area (Å²) in [4.78, 5) is 0. The predicted octanol–water partition coefficient (Wildman–Crippen LogP) is 3.94. The molecule has 20 heavy (non-hydrogen) atoms. The summed E-state index contributed by atoms with van der Waals surface area (Å²) >= 11 is 5.91. The highest BCUT2D eigenvalue weighted by molar-refractivity contribution is 6.30. The van der Waals surface area contributed by atoms with Crippen LogP contribution in [-0.2, 0) is 0 Å². The molecule has 0 aromatic heterocycles. The standard InChI is InChI=1S/C15H14ClF2NO/c1-19-15(12-8-10(17)4-6-13(12)18)11-5-3-9(16)7-14(11)20-2/h3-8,15,19H,1-2H3. The van der Waals surface area contributed by atoms with Gasteiger partial charge in [0.25, 0.3) is 0 Å². The first-order valence-corrected chi connectivity index (χ1v) is 6.40. The van der Waals surface area contributed by atoms with Gasteiger partial charge in [0.05, 0.1) is 13.2 Å². The van der Waals surface area contributed by atoms with Gasteiger partial charge in [0, 0.05) is 16.1 Å². The monoisotopic (exact) mass is 297 g/mol. The van der Waals surface area contributed by atoms with E-state index in [1.165, 1.54) is 13.2 Å². The van der Waals surface area contributed by atoms with Gasteiger partial charge in [-0.05, 0) is 37.4 Å². The van der Waals surface area contributed by atoms with Gasteiger partial charge in [-0.3, -0.25) is 0 Å². The first-order chi connectivity index (χ1) is 9.56. The fraction of sp³-hybridized carbons (Fsp3) is 0.200. The first-order valence-electron chi connectivity index (χ1n) is 6.02. The molecule has 0 aliphatic heterocycles. The zero-order chi connectivity index (χ0) is 14.7. The van der Waals surface area contributed by atoms with Gasteiger partial charge in [0.1, 0.15) is 17.4 Å². The first kappa shape index (κ1) is 14.8. The van der Waals surface area contributed by atoms with E-state index in [1.807, 2.05) is 0 Å². The fourth-order valence-electron chi connectivity index (χ4n) is 2.14. The third kappa shape index (κ3) is 2.92. The number of benzene rings is 2. The Kier molecular flexibility index (Phi) is 4.57. The Labute approximate surface area is 121 Å². The molecule has 2 nitrogen and oxygen atoms in total. The van der Waals surface area contributed by atoms with E-state index in [0.717, 1.165) is 12.1 Å². The minimum Gasteiger partial charge on any atom is -0.496 e. The second-order valence-corrected chi connectivity index (χ2v) is 4.71. The van der Waals surface area contributed by atoms with Crippen molar-refractivity contribution in [3.05, 3.63) is 64.2 Å². The zero-order valence-electron chi connectivity index (χ0n) is 11.1. The average Bonchev–Trinajstić information content (AvgIpc) is 2.44. The van der Waals surface area contributed by atoms with Crippen LogP contribution in [0, 0.1) is 11.6 Å². The number of halogens is 3. The highest BCUT2D eigenvalue weighted by atomic mass is 35.5. The molecule has 0 heterocycles. The number of hydrogen-bond acceptors (Lipinski definition) is 2. The number of rotatable bonds is 4. The van der Waals surface area contributed by atoms with Crippen LogP contribution in [0.4, 0.5) is 8.78 Å². The van der Waals surface area contributed by atoms with Crippen LogP contribution in [0.5, 0.6) is 5.75 Å². The van der Waals surface area contributed by atoms with Crippen LogP contribution in [0.25, 0.3) is 0 Å². The SMILES string of the molecule is CNC(c1cc(F)ccc1F)c1ccc(Cl)cc1OC. The molecule has 1 unspecified atom stereocenters. The molecule has 2 rings (SSSR count). The van der Waals surface area contributed by atoms with Crippen LogP contribution in [0.3, 0.4) is 0 Å². The van der Waals surface area contributed by atoms with Crippen LogP contribution < -0.4 is 10.1 Å². The second kappa shape index (κ2) is 6.20. The Hall–Kier alpha value is -1.65. The molecule has 0 bridgehead atoms. The van der Waals surface area contributed by atoms with E-state index in [0.29, 0.717) is 16.3 Å². The van der Waals surface area contributed by atoms with Crippen LogP contribution in [0.2, 0.25) is 5.02 Å². The minimum absolute atomic E-state index is 0.216. The van der Waals surface area contributed by atoms with Crippen LogP contribution in [0.15, 0.2) is 36.4 Å². The van der Waals surface area contributed by atoms with Gasteiger partial charge < -0.3 is 10.1 Å². The van der Waals surface area contributed by atoms with Gasteiger partial charge in [-0.1, -0.05) is 17.7 Å².